The van der Waals surface area contributed by atoms with Crippen LogP contribution in [0.4, 0.5) is 5.69 Å². The lowest BCUT2D eigenvalue weighted by atomic mass is 10.00. The Kier molecular flexibility index (Phi) is 8.01. The van der Waals surface area contributed by atoms with E-state index in [9.17, 15) is 18.5 Å². The molecule has 12 heteroatoms. The van der Waals surface area contributed by atoms with Gasteiger partial charge in [0, 0.05) is 48.6 Å². The molecule has 0 unspecified atom stereocenters. The fraction of sp³-hybridized carbons (Fsp3) is 0.250. The molecule has 4 aromatic heterocycles. The molecular formula is C40H37N7O4S. The Morgan fingerprint density at radius 2 is 1.85 bits per heavy atom. The van der Waals surface area contributed by atoms with Crippen molar-refractivity contribution in [2.24, 2.45) is 5.92 Å². The Balaban J connectivity index is 1.40. The monoisotopic (exact) mass is 711 g/mol. The topological polar surface area (TPSA) is 137 Å². The highest BCUT2D eigenvalue weighted by Crippen LogP contribution is 2.42. The molecule has 0 bridgehead atoms. The number of carbonyl (C=O) groups is 1. The van der Waals surface area contributed by atoms with Crippen LogP contribution in [0.25, 0.3) is 61.0 Å². The lowest BCUT2D eigenvalue weighted by Gasteiger charge is -2.21. The van der Waals surface area contributed by atoms with Crippen molar-refractivity contribution >= 4 is 60.0 Å². The van der Waals surface area contributed by atoms with E-state index in [1.54, 1.807) is 25.2 Å². The highest BCUT2D eigenvalue weighted by molar-refractivity contribution is 7.92. The molecule has 52 heavy (non-hydrogen) atoms. The Morgan fingerprint density at radius 1 is 1.06 bits per heavy atom. The third-order valence-corrected chi connectivity index (χ3v) is 11.3. The van der Waals surface area contributed by atoms with E-state index in [0.717, 1.165) is 53.6 Å². The SMILES string of the molecule is CNC(=O)c1c(-c2ccc(C)cc2)oc2cc(N(C)S(C)(=O)=O)c(-c3ccc4nc(CN5CC[C@@H](C)C5)n5c6cccc(C#N)c6cc5c4n3)cc12. The molecule has 3 aromatic carbocycles. The van der Waals surface area contributed by atoms with Crippen LogP contribution in [0.5, 0.6) is 0 Å². The summed E-state index contributed by atoms with van der Waals surface area (Å²) in [6.07, 6.45) is 2.27. The number of furan rings is 1. The Morgan fingerprint density at radius 3 is 2.54 bits per heavy atom. The second kappa shape index (κ2) is 12.5. The van der Waals surface area contributed by atoms with Gasteiger partial charge in [-0.2, -0.15) is 5.26 Å². The molecule has 1 aliphatic rings. The van der Waals surface area contributed by atoms with Gasteiger partial charge in [0.2, 0.25) is 10.0 Å². The van der Waals surface area contributed by atoms with Gasteiger partial charge in [0.1, 0.15) is 22.7 Å². The van der Waals surface area contributed by atoms with Crippen molar-refractivity contribution < 1.29 is 17.6 Å². The van der Waals surface area contributed by atoms with Gasteiger partial charge in [-0.05, 0) is 62.2 Å². The molecule has 11 nitrogen and oxygen atoms in total. The average molecular weight is 712 g/mol. The second-order valence-electron chi connectivity index (χ2n) is 13.8. The van der Waals surface area contributed by atoms with Crippen LogP contribution >= 0.6 is 0 Å². The number of sulfonamides is 1. The standard InChI is InChI=1S/C40H37N7O4S/c1-23-9-11-25(12-10-23)39-37(40(48)42-3)29-17-28(33(19-35(29)51-39)45(4)52(5,49)50)30-13-14-31-38(44-30)34-18-27-26(20-41)7-6-8-32(27)47(34)36(43-31)22-46-16-15-24(2)21-46/h6-14,17-19,24H,15-16,21-22H2,1-5H3,(H,42,48)/t24-/m1/s1. The molecule has 0 radical (unpaired) electrons. The number of nitriles is 1. The molecule has 262 valence electrons. The van der Waals surface area contributed by atoms with E-state index in [1.165, 1.54) is 11.4 Å². The molecule has 8 rings (SSSR count). The number of pyridine rings is 1. The molecule has 1 fully saturated rings. The minimum absolute atomic E-state index is 0.337. The summed E-state index contributed by atoms with van der Waals surface area (Å²) in [5.41, 5.74) is 7.28. The number of nitrogens with zero attached hydrogens (tertiary/aromatic N) is 6. The smallest absolute Gasteiger partial charge is 0.255 e. The number of likely N-dealkylation sites (tertiary alicyclic amines) is 1. The van der Waals surface area contributed by atoms with E-state index in [2.05, 4.69) is 27.6 Å². The molecule has 0 aliphatic carbocycles. The number of benzene rings is 3. The zero-order valence-corrected chi connectivity index (χ0v) is 30.4. The van der Waals surface area contributed by atoms with Crippen molar-refractivity contribution in [2.45, 2.75) is 26.8 Å². The van der Waals surface area contributed by atoms with Crippen molar-refractivity contribution in [1.29, 1.82) is 5.26 Å². The van der Waals surface area contributed by atoms with Crippen molar-refractivity contribution in [3.8, 4) is 28.7 Å². The fourth-order valence-corrected chi connectivity index (χ4v) is 7.87. The highest BCUT2D eigenvalue weighted by atomic mass is 32.2. The van der Waals surface area contributed by atoms with Crippen molar-refractivity contribution in [2.75, 3.05) is 37.7 Å². The van der Waals surface area contributed by atoms with Gasteiger partial charge in [0.15, 0.2) is 0 Å². The third kappa shape index (κ3) is 5.53. The van der Waals surface area contributed by atoms with Crippen molar-refractivity contribution in [3.05, 3.63) is 95.3 Å². The van der Waals surface area contributed by atoms with Crippen LogP contribution in [0.1, 0.15) is 40.7 Å². The summed E-state index contributed by atoms with van der Waals surface area (Å²) in [7, 11) is -0.678. The number of hydrogen-bond acceptors (Lipinski definition) is 8. The van der Waals surface area contributed by atoms with Crippen LogP contribution in [-0.4, -0.2) is 67.0 Å². The number of aryl methyl sites for hydroxylation is 1. The Hall–Kier alpha value is -5.77. The van der Waals surface area contributed by atoms with E-state index in [-0.39, 0.29) is 5.91 Å². The highest BCUT2D eigenvalue weighted by Gasteiger charge is 2.27. The number of nitrogens with one attached hydrogen (secondary N) is 1. The van der Waals surface area contributed by atoms with Crippen LogP contribution in [-0.2, 0) is 16.6 Å². The first-order chi connectivity index (χ1) is 24.9. The average Bonchev–Trinajstić information content (AvgIpc) is 3.85. The quantitative estimate of drug-likeness (QED) is 0.189. The van der Waals surface area contributed by atoms with Gasteiger partial charge in [-0.1, -0.05) is 42.8 Å². The van der Waals surface area contributed by atoms with E-state index in [0.29, 0.717) is 73.9 Å². The van der Waals surface area contributed by atoms with E-state index in [1.807, 2.05) is 61.5 Å². The summed E-state index contributed by atoms with van der Waals surface area (Å²) in [5.74, 6) is 1.50. The maximum absolute atomic E-state index is 13.5. The number of hydrogen-bond donors (Lipinski definition) is 1. The predicted molar refractivity (Wildman–Crippen MR) is 204 cm³/mol. The summed E-state index contributed by atoms with van der Waals surface area (Å²) < 4.78 is 35.7. The number of aromatic nitrogens is 3. The molecule has 0 saturated carbocycles. The summed E-state index contributed by atoms with van der Waals surface area (Å²) in [5, 5.41) is 14.1. The van der Waals surface area contributed by atoms with E-state index < -0.39 is 10.0 Å². The molecule has 0 spiro atoms. The maximum atomic E-state index is 13.5. The molecule has 1 atom stereocenters. The number of carbonyl (C=O) groups excluding carboxylic acids is 1. The van der Waals surface area contributed by atoms with Gasteiger partial charge < -0.3 is 9.73 Å². The molecule has 7 aromatic rings. The van der Waals surface area contributed by atoms with Gasteiger partial charge in [-0.3, -0.25) is 18.4 Å². The summed E-state index contributed by atoms with van der Waals surface area (Å²) in [6, 6.07) is 24.8. The van der Waals surface area contributed by atoms with Crippen LogP contribution in [0, 0.1) is 24.2 Å². The first-order valence-corrected chi connectivity index (χ1v) is 19.0. The van der Waals surface area contributed by atoms with Crippen LogP contribution in [0.15, 0.2) is 77.2 Å². The first-order valence-electron chi connectivity index (χ1n) is 17.2. The second-order valence-corrected chi connectivity index (χ2v) is 15.8. The fourth-order valence-electron chi connectivity index (χ4n) is 7.36. The normalized spacial score (nSPS) is 15.2. The maximum Gasteiger partial charge on any atom is 0.255 e. The lowest BCUT2D eigenvalue weighted by Crippen LogP contribution is -2.25. The molecule has 1 saturated heterocycles. The molecule has 1 amide bonds. The zero-order valence-electron chi connectivity index (χ0n) is 29.6. The molecular weight excluding hydrogens is 675 g/mol. The Bertz CT molecular complexity index is 2740. The molecule has 5 heterocycles. The third-order valence-electron chi connectivity index (χ3n) is 10.2. The molecule has 1 aliphatic heterocycles. The number of rotatable bonds is 7. The van der Waals surface area contributed by atoms with Crippen molar-refractivity contribution in [1.82, 2.24) is 24.6 Å². The van der Waals surface area contributed by atoms with Crippen molar-refractivity contribution in [3.63, 3.8) is 0 Å². The zero-order chi connectivity index (χ0) is 36.5. The van der Waals surface area contributed by atoms with Crippen LogP contribution < -0.4 is 9.62 Å². The van der Waals surface area contributed by atoms with Crippen LogP contribution in [0.2, 0.25) is 0 Å². The lowest BCUT2D eigenvalue weighted by molar-refractivity contribution is 0.0964. The number of amides is 1. The minimum Gasteiger partial charge on any atom is -0.455 e. The van der Waals surface area contributed by atoms with Gasteiger partial charge in [0.05, 0.1) is 57.9 Å². The first kappa shape index (κ1) is 33.4. The predicted octanol–water partition coefficient (Wildman–Crippen LogP) is 6.89. The van der Waals surface area contributed by atoms with Crippen LogP contribution in [0.3, 0.4) is 0 Å². The Labute approximate surface area is 301 Å². The molecule has 1 N–H and O–H groups in total. The van der Waals surface area contributed by atoms with Gasteiger partial charge in [-0.15, -0.1) is 0 Å². The summed E-state index contributed by atoms with van der Waals surface area (Å²) in [4.78, 5) is 26.2. The number of fused-ring (bicyclic) bond motifs is 6. The van der Waals surface area contributed by atoms with Gasteiger partial charge in [-0.25, -0.2) is 18.4 Å². The number of anilines is 1. The van der Waals surface area contributed by atoms with Gasteiger partial charge >= 0.3 is 0 Å². The largest absolute Gasteiger partial charge is 0.455 e. The van der Waals surface area contributed by atoms with E-state index in [4.69, 9.17) is 14.4 Å². The van der Waals surface area contributed by atoms with E-state index >= 15 is 0 Å². The minimum atomic E-state index is -3.73. The summed E-state index contributed by atoms with van der Waals surface area (Å²) in [6.45, 7) is 6.85. The summed E-state index contributed by atoms with van der Waals surface area (Å²) >= 11 is 0. The van der Waals surface area contributed by atoms with Gasteiger partial charge in [0.25, 0.3) is 5.91 Å².